The third kappa shape index (κ3) is 1.94. The Balaban J connectivity index is 4.75. The third-order valence-electron chi connectivity index (χ3n) is 3.22. The van der Waals surface area contributed by atoms with Crippen LogP contribution in [-0.4, -0.2) is 5.66 Å². The molecule has 0 amide bonds. The fourth-order valence-corrected chi connectivity index (χ4v) is 0.808. The highest BCUT2D eigenvalue weighted by Gasteiger charge is 2.43. The minimum absolute atomic E-state index is 0.0694. The molecule has 0 aromatic rings. The van der Waals surface area contributed by atoms with Crippen molar-refractivity contribution in [1.82, 2.24) is 0 Å². The Kier molecular flexibility index (Phi) is 2.44. The lowest BCUT2D eigenvalue weighted by Crippen LogP contribution is -2.62. The molecule has 68 valence electrons. The predicted octanol–water partition coefficient (Wildman–Crippen LogP) is 1.69. The molecule has 0 spiro atoms. The van der Waals surface area contributed by atoms with Gasteiger partial charge in [-0.15, -0.1) is 0 Å². The Hall–Kier alpha value is -0.0800. The van der Waals surface area contributed by atoms with Crippen molar-refractivity contribution in [3.05, 3.63) is 0 Å². The number of rotatable bonds is 1. The van der Waals surface area contributed by atoms with Crippen molar-refractivity contribution in [3.8, 4) is 0 Å². The molecule has 2 nitrogen and oxygen atoms in total. The summed E-state index contributed by atoms with van der Waals surface area (Å²) in [7, 11) is 0. The van der Waals surface area contributed by atoms with Gasteiger partial charge in [-0.2, -0.15) is 0 Å². The molecule has 0 aromatic heterocycles. The van der Waals surface area contributed by atoms with Crippen LogP contribution in [0, 0.1) is 10.8 Å². The molecule has 0 aliphatic heterocycles. The summed E-state index contributed by atoms with van der Waals surface area (Å²) in [4.78, 5) is 0. The third-order valence-corrected chi connectivity index (χ3v) is 3.22. The summed E-state index contributed by atoms with van der Waals surface area (Å²) < 4.78 is 0. The van der Waals surface area contributed by atoms with E-state index in [2.05, 4.69) is 34.6 Å². The summed E-state index contributed by atoms with van der Waals surface area (Å²) in [6, 6.07) is 0. The van der Waals surface area contributed by atoms with Crippen molar-refractivity contribution in [1.29, 1.82) is 0 Å². The highest BCUT2D eigenvalue weighted by molar-refractivity contribution is 4.96. The first-order valence-corrected chi connectivity index (χ1v) is 4.08. The van der Waals surface area contributed by atoms with Crippen molar-refractivity contribution in [2.75, 3.05) is 0 Å². The van der Waals surface area contributed by atoms with Crippen molar-refractivity contribution < 1.29 is 0 Å². The highest BCUT2D eigenvalue weighted by atomic mass is 15.0. The van der Waals surface area contributed by atoms with Crippen molar-refractivity contribution >= 4 is 0 Å². The lowest BCUT2D eigenvalue weighted by Gasteiger charge is -2.48. The van der Waals surface area contributed by atoms with Crippen LogP contribution in [0.15, 0.2) is 0 Å². The SMILES string of the molecule is CC(C)(C)C(C)(C)C(C)(N)N. The summed E-state index contributed by atoms with van der Waals surface area (Å²) in [6.45, 7) is 12.6. The first-order chi connectivity index (χ1) is 4.50. The zero-order valence-corrected chi connectivity index (χ0v) is 8.65. The smallest absolute Gasteiger partial charge is 0.0665 e. The van der Waals surface area contributed by atoms with E-state index in [-0.39, 0.29) is 10.8 Å². The van der Waals surface area contributed by atoms with Crippen LogP contribution >= 0.6 is 0 Å². The van der Waals surface area contributed by atoms with Crippen LogP contribution in [0.2, 0.25) is 0 Å². The van der Waals surface area contributed by atoms with Gasteiger partial charge in [-0.25, -0.2) is 0 Å². The van der Waals surface area contributed by atoms with E-state index in [0.29, 0.717) is 0 Å². The number of hydrogen-bond acceptors (Lipinski definition) is 2. The van der Waals surface area contributed by atoms with Crippen LogP contribution in [0.1, 0.15) is 41.5 Å². The topological polar surface area (TPSA) is 52.0 Å². The second kappa shape index (κ2) is 2.46. The molecule has 0 aromatic carbocycles. The summed E-state index contributed by atoms with van der Waals surface area (Å²) in [5.74, 6) is 0. The van der Waals surface area contributed by atoms with Gasteiger partial charge in [0.1, 0.15) is 0 Å². The first kappa shape index (κ1) is 10.9. The summed E-state index contributed by atoms with van der Waals surface area (Å²) in [6.07, 6.45) is 0. The molecular formula is C9H22N2. The molecule has 0 rings (SSSR count). The van der Waals surface area contributed by atoms with Gasteiger partial charge in [-0.1, -0.05) is 34.6 Å². The molecule has 0 saturated heterocycles. The Labute approximate surface area is 70.3 Å². The van der Waals surface area contributed by atoms with E-state index in [9.17, 15) is 0 Å². The van der Waals surface area contributed by atoms with Crippen LogP contribution in [0.4, 0.5) is 0 Å². The van der Waals surface area contributed by atoms with E-state index in [1.165, 1.54) is 0 Å². The summed E-state index contributed by atoms with van der Waals surface area (Å²) in [5, 5.41) is 0. The fraction of sp³-hybridized carbons (Fsp3) is 1.00. The largest absolute Gasteiger partial charge is 0.313 e. The maximum atomic E-state index is 5.88. The van der Waals surface area contributed by atoms with Gasteiger partial charge in [0.2, 0.25) is 0 Å². The Bertz CT molecular complexity index is 119. The molecule has 0 aliphatic rings. The molecule has 0 bridgehead atoms. The molecule has 0 heterocycles. The minimum Gasteiger partial charge on any atom is -0.313 e. The first-order valence-electron chi connectivity index (χ1n) is 4.08. The zero-order valence-electron chi connectivity index (χ0n) is 8.65. The highest BCUT2D eigenvalue weighted by Crippen LogP contribution is 2.42. The maximum absolute atomic E-state index is 5.88. The van der Waals surface area contributed by atoms with E-state index in [0.717, 1.165) is 0 Å². The second-order valence-electron chi connectivity index (χ2n) is 5.16. The van der Waals surface area contributed by atoms with Crippen LogP contribution in [-0.2, 0) is 0 Å². The molecule has 2 heteroatoms. The lowest BCUT2D eigenvalue weighted by molar-refractivity contribution is 0.0440. The molecule has 11 heavy (non-hydrogen) atoms. The van der Waals surface area contributed by atoms with E-state index in [1.807, 2.05) is 6.92 Å². The fourth-order valence-electron chi connectivity index (χ4n) is 0.808. The quantitative estimate of drug-likeness (QED) is 0.571. The van der Waals surface area contributed by atoms with Gasteiger partial charge >= 0.3 is 0 Å². The van der Waals surface area contributed by atoms with E-state index in [1.54, 1.807) is 0 Å². The summed E-state index contributed by atoms with van der Waals surface area (Å²) in [5.41, 5.74) is 11.2. The monoisotopic (exact) mass is 158 g/mol. The molecule has 0 saturated carbocycles. The average molecular weight is 158 g/mol. The predicted molar refractivity (Wildman–Crippen MR) is 50.0 cm³/mol. The lowest BCUT2D eigenvalue weighted by atomic mass is 9.63. The van der Waals surface area contributed by atoms with Crippen LogP contribution in [0.5, 0.6) is 0 Å². The van der Waals surface area contributed by atoms with Crippen LogP contribution < -0.4 is 11.5 Å². The average Bonchev–Trinajstić information content (AvgIpc) is 1.58. The molecule has 4 N–H and O–H groups in total. The minimum atomic E-state index is -0.620. The van der Waals surface area contributed by atoms with Gasteiger partial charge < -0.3 is 11.5 Å². The molecule has 0 unspecified atom stereocenters. The molecule has 0 fully saturated rings. The normalized spacial score (nSPS) is 15.3. The molecule has 0 aliphatic carbocycles. The van der Waals surface area contributed by atoms with Crippen LogP contribution in [0.25, 0.3) is 0 Å². The number of nitrogens with two attached hydrogens (primary N) is 2. The summed E-state index contributed by atoms with van der Waals surface area (Å²) >= 11 is 0. The maximum Gasteiger partial charge on any atom is 0.0665 e. The zero-order chi connectivity index (χ0) is 9.50. The van der Waals surface area contributed by atoms with Crippen LogP contribution in [0.3, 0.4) is 0 Å². The van der Waals surface area contributed by atoms with Gasteiger partial charge in [-0.05, 0) is 12.3 Å². The Morgan fingerprint density at radius 3 is 1.00 bits per heavy atom. The van der Waals surface area contributed by atoms with Crippen molar-refractivity contribution in [2.24, 2.45) is 22.3 Å². The van der Waals surface area contributed by atoms with E-state index >= 15 is 0 Å². The molecule has 0 radical (unpaired) electrons. The van der Waals surface area contributed by atoms with Gasteiger partial charge in [0.15, 0.2) is 0 Å². The van der Waals surface area contributed by atoms with Gasteiger partial charge in [0.05, 0.1) is 5.66 Å². The second-order valence-corrected chi connectivity index (χ2v) is 5.16. The van der Waals surface area contributed by atoms with Gasteiger partial charge in [0, 0.05) is 5.41 Å². The standard InChI is InChI=1S/C9H22N2/c1-7(2,3)8(4,5)9(6,10)11/h10-11H2,1-6H3. The Morgan fingerprint density at radius 1 is 0.727 bits per heavy atom. The van der Waals surface area contributed by atoms with Gasteiger partial charge in [-0.3, -0.25) is 0 Å². The molecular weight excluding hydrogens is 136 g/mol. The van der Waals surface area contributed by atoms with E-state index < -0.39 is 5.66 Å². The van der Waals surface area contributed by atoms with Gasteiger partial charge in [0.25, 0.3) is 0 Å². The van der Waals surface area contributed by atoms with E-state index in [4.69, 9.17) is 11.5 Å². The molecule has 0 atom stereocenters. The van der Waals surface area contributed by atoms with Crippen molar-refractivity contribution in [3.63, 3.8) is 0 Å². The number of hydrogen-bond donors (Lipinski definition) is 2. The Morgan fingerprint density at radius 2 is 1.00 bits per heavy atom. The van der Waals surface area contributed by atoms with Crippen molar-refractivity contribution in [2.45, 2.75) is 47.2 Å².